The third-order valence-corrected chi connectivity index (χ3v) is 2.70. The predicted molar refractivity (Wildman–Crippen MR) is 73.5 cm³/mol. The zero-order valence-electron chi connectivity index (χ0n) is 11.2. The van der Waals surface area contributed by atoms with Crippen LogP contribution in [0.2, 0.25) is 0 Å². The zero-order valence-corrected chi connectivity index (χ0v) is 11.2. The molecule has 17 heavy (non-hydrogen) atoms. The Kier molecular flexibility index (Phi) is 4.95. The van der Waals surface area contributed by atoms with Crippen LogP contribution < -0.4 is 0 Å². The van der Waals surface area contributed by atoms with Crippen LogP contribution >= 0.6 is 0 Å². The molecule has 0 fully saturated rings. The Morgan fingerprint density at radius 1 is 1.24 bits per heavy atom. The molecule has 0 bridgehead atoms. The molecule has 92 valence electrons. The number of hydrogen-bond donors (Lipinski definition) is 0. The molecule has 0 N–H and O–H groups in total. The molecule has 0 atom stereocenters. The topological polar surface area (TPSA) is 21.6 Å². The van der Waals surface area contributed by atoms with Gasteiger partial charge in [-0.25, -0.2) is 4.99 Å². The highest BCUT2D eigenvalue weighted by atomic mass is 16.5. The Morgan fingerprint density at radius 3 is 2.47 bits per heavy atom. The first-order valence-corrected chi connectivity index (χ1v) is 6.05. The van der Waals surface area contributed by atoms with E-state index >= 15 is 0 Å². The molecule has 1 aromatic rings. The highest BCUT2D eigenvalue weighted by Gasteiger charge is 2.06. The van der Waals surface area contributed by atoms with Gasteiger partial charge in [-0.15, -0.1) is 0 Å². The van der Waals surface area contributed by atoms with Crippen molar-refractivity contribution in [3.05, 3.63) is 47.2 Å². The lowest BCUT2D eigenvalue weighted by Gasteiger charge is -2.10. The molecule has 0 amide bonds. The Morgan fingerprint density at radius 2 is 1.94 bits per heavy atom. The monoisotopic (exact) mass is 231 g/mol. The lowest BCUT2D eigenvalue weighted by Crippen LogP contribution is -2.07. The van der Waals surface area contributed by atoms with Gasteiger partial charge in [0, 0.05) is 11.3 Å². The highest BCUT2D eigenvalue weighted by Crippen LogP contribution is 2.13. The fourth-order valence-corrected chi connectivity index (χ4v) is 1.41. The maximum absolute atomic E-state index is 5.58. The summed E-state index contributed by atoms with van der Waals surface area (Å²) in [7, 11) is 0. The molecule has 1 aromatic carbocycles. The minimum absolute atomic E-state index is 0.614. The molecule has 2 nitrogen and oxygen atoms in total. The molecule has 0 saturated carbocycles. The summed E-state index contributed by atoms with van der Waals surface area (Å²) in [6.45, 7) is 12.7. The van der Waals surface area contributed by atoms with Crippen LogP contribution in [-0.4, -0.2) is 12.5 Å². The average Bonchev–Trinajstić information content (AvgIpc) is 2.32. The number of aryl methyl sites for hydroxylation is 2. The van der Waals surface area contributed by atoms with Crippen LogP contribution in [-0.2, 0) is 4.74 Å². The van der Waals surface area contributed by atoms with Crippen LogP contribution in [0.5, 0.6) is 0 Å². The third-order valence-electron chi connectivity index (χ3n) is 2.70. The number of allylic oxidation sites excluding steroid dienone is 1. The average molecular weight is 231 g/mol. The summed E-state index contributed by atoms with van der Waals surface area (Å²) in [6, 6.07) is 6.24. The molecule has 2 heteroatoms. The van der Waals surface area contributed by atoms with Crippen molar-refractivity contribution >= 4 is 5.90 Å². The van der Waals surface area contributed by atoms with Crippen molar-refractivity contribution in [3.8, 4) is 0 Å². The third kappa shape index (κ3) is 3.74. The van der Waals surface area contributed by atoms with Crippen LogP contribution in [0.4, 0.5) is 0 Å². The van der Waals surface area contributed by atoms with E-state index in [1.165, 1.54) is 11.1 Å². The number of hydrogen-bond acceptors (Lipinski definition) is 2. The summed E-state index contributed by atoms with van der Waals surface area (Å²) in [5.74, 6) is 0.669. The highest BCUT2D eigenvalue weighted by molar-refractivity contribution is 5.95. The molecule has 0 saturated heterocycles. The van der Waals surface area contributed by atoms with Crippen LogP contribution in [0.1, 0.15) is 37.0 Å². The second-order valence-electron chi connectivity index (χ2n) is 4.07. The lowest BCUT2D eigenvalue weighted by atomic mass is 10.1. The lowest BCUT2D eigenvalue weighted by molar-refractivity contribution is 0.328. The Labute approximate surface area is 104 Å². The maximum Gasteiger partial charge on any atom is 0.220 e. The second kappa shape index (κ2) is 6.24. The van der Waals surface area contributed by atoms with Gasteiger partial charge >= 0.3 is 0 Å². The number of rotatable bonds is 4. The molecule has 0 radical (unpaired) electrons. The van der Waals surface area contributed by atoms with Gasteiger partial charge in [0.1, 0.15) is 0 Å². The number of aliphatic imine (C=N–C) groups is 1. The fourth-order valence-electron chi connectivity index (χ4n) is 1.41. The van der Waals surface area contributed by atoms with E-state index in [0.29, 0.717) is 12.5 Å². The first kappa shape index (κ1) is 13.5. The summed E-state index contributed by atoms with van der Waals surface area (Å²) < 4.78 is 5.58. The van der Waals surface area contributed by atoms with Crippen molar-refractivity contribution < 1.29 is 4.74 Å². The van der Waals surface area contributed by atoms with Gasteiger partial charge in [-0.3, -0.25) is 0 Å². The smallest absolute Gasteiger partial charge is 0.220 e. The van der Waals surface area contributed by atoms with Gasteiger partial charge in [0.25, 0.3) is 0 Å². The van der Waals surface area contributed by atoms with Gasteiger partial charge in [-0.2, -0.15) is 0 Å². The van der Waals surface area contributed by atoms with E-state index < -0.39 is 0 Å². The molecule has 0 heterocycles. The van der Waals surface area contributed by atoms with Crippen molar-refractivity contribution in [3.63, 3.8) is 0 Å². The summed E-state index contributed by atoms with van der Waals surface area (Å²) in [6.07, 6.45) is 0.835. The molecular formula is C15H21NO. The Hall–Kier alpha value is -1.57. The molecule has 0 unspecified atom stereocenters. The number of ether oxygens (including phenoxy) is 1. The van der Waals surface area contributed by atoms with Gasteiger partial charge < -0.3 is 4.74 Å². The molecule has 0 aromatic heterocycles. The van der Waals surface area contributed by atoms with Crippen LogP contribution in [0.15, 0.2) is 35.5 Å². The second-order valence-corrected chi connectivity index (χ2v) is 4.07. The van der Waals surface area contributed by atoms with E-state index in [1.54, 1.807) is 0 Å². The Bertz CT molecular complexity index is 433. The van der Waals surface area contributed by atoms with Crippen LogP contribution in [0.25, 0.3) is 0 Å². The SMILES string of the molecule is C=C(CC)N=C(OCC)c1ccc(C)c(C)c1. The van der Waals surface area contributed by atoms with Gasteiger partial charge in [0.15, 0.2) is 0 Å². The van der Waals surface area contributed by atoms with E-state index in [-0.39, 0.29) is 0 Å². The van der Waals surface area contributed by atoms with Crippen molar-refractivity contribution in [2.75, 3.05) is 6.61 Å². The predicted octanol–water partition coefficient (Wildman–Crippen LogP) is 4.01. The van der Waals surface area contributed by atoms with Crippen LogP contribution in [0.3, 0.4) is 0 Å². The Balaban J connectivity index is 3.09. The number of benzene rings is 1. The van der Waals surface area contributed by atoms with Gasteiger partial charge in [0.2, 0.25) is 5.90 Å². The van der Waals surface area contributed by atoms with Crippen LogP contribution in [0, 0.1) is 13.8 Å². The summed E-state index contributed by atoms with van der Waals surface area (Å²) in [4.78, 5) is 4.43. The molecular weight excluding hydrogens is 210 g/mol. The van der Waals surface area contributed by atoms with Crippen molar-refractivity contribution in [2.45, 2.75) is 34.1 Å². The largest absolute Gasteiger partial charge is 0.478 e. The van der Waals surface area contributed by atoms with Gasteiger partial charge in [0.05, 0.1) is 6.61 Å². The van der Waals surface area contributed by atoms with E-state index in [0.717, 1.165) is 17.7 Å². The van der Waals surface area contributed by atoms with Crippen molar-refractivity contribution in [2.24, 2.45) is 4.99 Å². The van der Waals surface area contributed by atoms with E-state index in [9.17, 15) is 0 Å². The molecule has 0 aliphatic heterocycles. The molecule has 0 aliphatic rings. The van der Waals surface area contributed by atoms with Gasteiger partial charge in [-0.1, -0.05) is 19.6 Å². The molecule has 0 aliphatic carbocycles. The van der Waals surface area contributed by atoms with E-state index in [4.69, 9.17) is 4.74 Å². The summed E-state index contributed by atoms with van der Waals surface area (Å²) in [5.41, 5.74) is 4.38. The maximum atomic E-state index is 5.58. The minimum atomic E-state index is 0.614. The zero-order chi connectivity index (χ0) is 12.8. The first-order chi connectivity index (χ1) is 8.08. The van der Waals surface area contributed by atoms with E-state index in [2.05, 4.69) is 37.6 Å². The van der Waals surface area contributed by atoms with Crippen molar-refractivity contribution in [1.29, 1.82) is 0 Å². The summed E-state index contributed by atoms with van der Waals surface area (Å²) >= 11 is 0. The fraction of sp³-hybridized carbons (Fsp3) is 0.400. The minimum Gasteiger partial charge on any atom is -0.478 e. The normalized spacial score (nSPS) is 11.4. The number of nitrogens with zero attached hydrogens (tertiary/aromatic N) is 1. The standard InChI is InChI=1S/C15H21NO/c1-6-13(5)16-15(17-7-2)14-9-8-11(3)12(4)10-14/h8-10H,5-7H2,1-4H3. The van der Waals surface area contributed by atoms with E-state index in [1.807, 2.05) is 19.9 Å². The molecule has 0 spiro atoms. The molecule has 1 rings (SSSR count). The quantitative estimate of drug-likeness (QED) is 0.566. The summed E-state index contributed by atoms with van der Waals surface area (Å²) in [5, 5.41) is 0. The van der Waals surface area contributed by atoms with Gasteiger partial charge in [-0.05, 0) is 50.5 Å². The van der Waals surface area contributed by atoms with Crippen molar-refractivity contribution in [1.82, 2.24) is 0 Å². The first-order valence-electron chi connectivity index (χ1n) is 6.05.